The van der Waals surface area contributed by atoms with Gasteiger partial charge in [0, 0.05) is 10.2 Å². The third-order valence-electron chi connectivity index (χ3n) is 5.33. The average Bonchev–Trinajstić information content (AvgIpc) is 3.28. The molecule has 0 unspecified atom stereocenters. The summed E-state index contributed by atoms with van der Waals surface area (Å²) in [5.74, 6) is -1.00. The fourth-order valence-electron chi connectivity index (χ4n) is 4.36. The molecule has 1 amide bonds. The zero-order valence-electron chi connectivity index (χ0n) is 11.8. The number of benzene rings is 1. The van der Waals surface area contributed by atoms with Crippen LogP contribution in [0.4, 0.5) is 5.69 Å². The van der Waals surface area contributed by atoms with Gasteiger partial charge < -0.3 is 10.4 Å². The van der Waals surface area contributed by atoms with Gasteiger partial charge in [0.15, 0.2) is 0 Å². The molecule has 5 rings (SSSR count). The second-order valence-electron chi connectivity index (χ2n) is 6.49. The molecule has 4 nitrogen and oxygen atoms in total. The van der Waals surface area contributed by atoms with Crippen LogP contribution in [0.2, 0.25) is 0 Å². The summed E-state index contributed by atoms with van der Waals surface area (Å²) in [7, 11) is 0. The molecule has 5 heteroatoms. The topological polar surface area (TPSA) is 66.4 Å². The van der Waals surface area contributed by atoms with E-state index in [-0.39, 0.29) is 17.7 Å². The number of nitrogens with one attached hydrogen (secondary N) is 1. The molecule has 0 radical (unpaired) electrons. The second kappa shape index (κ2) is 4.95. The maximum Gasteiger partial charge on any atom is 0.307 e. The van der Waals surface area contributed by atoms with Crippen molar-refractivity contribution in [2.24, 2.45) is 35.5 Å². The number of hydrogen-bond donors (Lipinski definition) is 2. The van der Waals surface area contributed by atoms with E-state index >= 15 is 0 Å². The van der Waals surface area contributed by atoms with Crippen molar-refractivity contribution < 1.29 is 14.7 Å². The Kier molecular flexibility index (Phi) is 3.15. The Morgan fingerprint density at radius 3 is 2.45 bits per heavy atom. The summed E-state index contributed by atoms with van der Waals surface area (Å²) < 4.78 is 0.882. The minimum absolute atomic E-state index is 0.0192. The highest BCUT2D eigenvalue weighted by molar-refractivity contribution is 9.10. The van der Waals surface area contributed by atoms with Crippen molar-refractivity contribution in [2.75, 3.05) is 5.32 Å². The molecule has 2 saturated carbocycles. The number of aliphatic carboxylic acids is 1. The van der Waals surface area contributed by atoms with Gasteiger partial charge in [0.2, 0.25) is 5.91 Å². The Labute approximate surface area is 136 Å². The number of rotatable bonds is 3. The summed E-state index contributed by atoms with van der Waals surface area (Å²) in [6.45, 7) is 0. The zero-order chi connectivity index (χ0) is 15.4. The molecule has 2 bridgehead atoms. The lowest BCUT2D eigenvalue weighted by molar-refractivity contribution is -0.152. The minimum Gasteiger partial charge on any atom is -0.481 e. The van der Waals surface area contributed by atoms with E-state index in [4.69, 9.17) is 0 Å². The van der Waals surface area contributed by atoms with Crippen LogP contribution in [-0.2, 0) is 9.59 Å². The summed E-state index contributed by atoms with van der Waals surface area (Å²) in [5, 5.41) is 12.5. The molecule has 4 aliphatic carbocycles. The summed E-state index contributed by atoms with van der Waals surface area (Å²) in [6.07, 6.45) is 5.16. The van der Waals surface area contributed by atoms with Gasteiger partial charge in [-0.3, -0.25) is 9.59 Å². The smallest absolute Gasteiger partial charge is 0.307 e. The van der Waals surface area contributed by atoms with Crippen LogP contribution in [0.1, 0.15) is 6.42 Å². The van der Waals surface area contributed by atoms with Crippen LogP contribution in [0, 0.1) is 35.5 Å². The van der Waals surface area contributed by atoms with Crippen LogP contribution >= 0.6 is 15.9 Å². The van der Waals surface area contributed by atoms with Gasteiger partial charge >= 0.3 is 5.97 Å². The molecule has 2 fully saturated rings. The molecule has 22 heavy (non-hydrogen) atoms. The van der Waals surface area contributed by atoms with Crippen molar-refractivity contribution in [1.29, 1.82) is 0 Å². The van der Waals surface area contributed by atoms with Crippen molar-refractivity contribution in [2.45, 2.75) is 6.42 Å². The van der Waals surface area contributed by atoms with E-state index in [9.17, 15) is 14.7 Å². The Morgan fingerprint density at radius 2 is 1.82 bits per heavy atom. The quantitative estimate of drug-likeness (QED) is 0.812. The van der Waals surface area contributed by atoms with Gasteiger partial charge in [0.05, 0.1) is 11.8 Å². The minimum atomic E-state index is -0.848. The summed E-state index contributed by atoms with van der Waals surface area (Å²) in [4.78, 5) is 24.4. The number of amides is 1. The third-order valence-corrected chi connectivity index (χ3v) is 5.83. The molecule has 2 N–H and O–H groups in total. The molecule has 0 saturated heterocycles. The third kappa shape index (κ3) is 2.10. The van der Waals surface area contributed by atoms with Crippen LogP contribution in [0.5, 0.6) is 0 Å². The molecule has 0 heterocycles. The van der Waals surface area contributed by atoms with Crippen LogP contribution in [0.15, 0.2) is 40.9 Å². The number of carbonyl (C=O) groups is 2. The van der Waals surface area contributed by atoms with E-state index in [1.54, 1.807) is 0 Å². The van der Waals surface area contributed by atoms with Crippen molar-refractivity contribution in [1.82, 2.24) is 0 Å². The number of allylic oxidation sites excluding steroid dienone is 2. The highest BCUT2D eigenvalue weighted by Gasteiger charge is 2.62. The molecule has 4 aliphatic rings. The Hall–Kier alpha value is -1.62. The largest absolute Gasteiger partial charge is 0.481 e. The maximum atomic E-state index is 12.7. The maximum absolute atomic E-state index is 12.7. The van der Waals surface area contributed by atoms with Crippen molar-refractivity contribution in [3.8, 4) is 0 Å². The van der Waals surface area contributed by atoms with E-state index in [1.807, 2.05) is 30.3 Å². The lowest BCUT2D eigenvalue weighted by Gasteiger charge is -2.41. The van der Waals surface area contributed by atoms with E-state index < -0.39 is 17.8 Å². The van der Waals surface area contributed by atoms with Gasteiger partial charge in [0.1, 0.15) is 0 Å². The highest BCUT2D eigenvalue weighted by Crippen LogP contribution is 2.63. The van der Waals surface area contributed by atoms with Crippen LogP contribution in [-0.4, -0.2) is 17.0 Å². The molecule has 1 aromatic carbocycles. The van der Waals surface area contributed by atoms with E-state index in [0.29, 0.717) is 17.5 Å². The number of carboxylic acids is 1. The monoisotopic (exact) mass is 361 g/mol. The molecule has 1 aromatic rings. The van der Waals surface area contributed by atoms with Crippen molar-refractivity contribution in [3.05, 3.63) is 40.9 Å². The Bertz CT molecular complexity index is 686. The summed E-state index contributed by atoms with van der Waals surface area (Å²) in [5.41, 5.74) is 0.696. The predicted octanol–water partition coefficient (Wildman–Crippen LogP) is 3.16. The zero-order valence-corrected chi connectivity index (χ0v) is 13.4. The van der Waals surface area contributed by atoms with Gasteiger partial charge in [-0.2, -0.15) is 0 Å². The van der Waals surface area contributed by atoms with Crippen LogP contribution in [0.25, 0.3) is 0 Å². The predicted molar refractivity (Wildman–Crippen MR) is 85.1 cm³/mol. The number of carbonyl (C=O) groups excluding carboxylic acids is 1. The van der Waals surface area contributed by atoms with Gasteiger partial charge in [0.25, 0.3) is 0 Å². The molecule has 114 valence electrons. The fraction of sp³-hybridized carbons (Fsp3) is 0.412. The van der Waals surface area contributed by atoms with Gasteiger partial charge in [-0.15, -0.1) is 0 Å². The van der Waals surface area contributed by atoms with E-state index in [1.165, 1.54) is 0 Å². The number of carboxylic acid groups (broad SMARTS) is 1. The van der Waals surface area contributed by atoms with Gasteiger partial charge in [-0.05, 0) is 48.3 Å². The first-order chi connectivity index (χ1) is 10.6. The van der Waals surface area contributed by atoms with Crippen LogP contribution < -0.4 is 5.32 Å². The number of fused-ring (bicyclic) bond motifs is 1. The van der Waals surface area contributed by atoms with Crippen molar-refractivity contribution in [3.63, 3.8) is 0 Å². The van der Waals surface area contributed by atoms with Crippen molar-refractivity contribution >= 4 is 33.5 Å². The fourth-order valence-corrected chi connectivity index (χ4v) is 4.76. The van der Waals surface area contributed by atoms with Gasteiger partial charge in [-0.25, -0.2) is 0 Å². The molecular formula is C17H16BrNO3. The first kappa shape index (κ1) is 14.0. The average molecular weight is 362 g/mol. The first-order valence-corrected chi connectivity index (χ1v) is 8.33. The lowest BCUT2D eigenvalue weighted by atomic mass is 9.62. The molecule has 0 aliphatic heterocycles. The number of anilines is 1. The van der Waals surface area contributed by atoms with E-state index in [0.717, 1.165) is 10.9 Å². The number of hydrogen-bond acceptors (Lipinski definition) is 2. The summed E-state index contributed by atoms with van der Waals surface area (Å²) in [6, 6.07) is 7.37. The number of halogens is 1. The highest BCUT2D eigenvalue weighted by atomic mass is 79.9. The Balaban J connectivity index is 1.61. The van der Waals surface area contributed by atoms with E-state index in [2.05, 4.69) is 27.3 Å². The van der Waals surface area contributed by atoms with Gasteiger partial charge in [-0.1, -0.05) is 34.1 Å². The summed E-state index contributed by atoms with van der Waals surface area (Å²) >= 11 is 3.38. The Morgan fingerprint density at radius 1 is 1.14 bits per heavy atom. The van der Waals surface area contributed by atoms with Crippen LogP contribution in [0.3, 0.4) is 0 Å². The normalized spacial score (nSPS) is 37.5. The lowest BCUT2D eigenvalue weighted by Crippen LogP contribution is -2.48. The standard InChI is InChI=1S/C17H16BrNO3/c18-8-2-1-3-9(6-8)19-16(20)14-10-4-5-11(13-7-12(10)13)15(14)17(21)22/h1-6,10-15H,7H2,(H,19,20)(H,21,22)/t10-,11+,12+,13+,14+,15-/m0/s1. The molecule has 6 atom stereocenters. The molecule has 0 spiro atoms. The SMILES string of the molecule is O=C(Nc1cccc(Br)c1)[C@@H]1[C@H]2C=C[C@H]([C@H]3C[C@H]23)[C@@H]1C(=O)O. The molecule has 0 aromatic heterocycles. The second-order valence-corrected chi connectivity index (χ2v) is 7.41. The first-order valence-electron chi connectivity index (χ1n) is 7.54. The molecular weight excluding hydrogens is 346 g/mol.